The molecule has 0 saturated carbocycles. The molecule has 0 heterocycles. The Labute approximate surface area is 186 Å². The molecule has 0 radical (unpaired) electrons. The van der Waals surface area contributed by atoms with Crippen LogP contribution in [0.25, 0.3) is 0 Å². The van der Waals surface area contributed by atoms with Gasteiger partial charge in [0.1, 0.15) is 0 Å². The number of sulfonamides is 1. The van der Waals surface area contributed by atoms with Crippen LogP contribution in [0.4, 0.5) is 5.69 Å². The molecule has 7 heteroatoms. The van der Waals surface area contributed by atoms with Gasteiger partial charge in [0, 0.05) is 25.7 Å². The summed E-state index contributed by atoms with van der Waals surface area (Å²) in [6, 6.07) is 12.1. The number of benzene rings is 2. The largest absolute Gasteiger partial charge is 0.351 e. The molecule has 0 saturated heterocycles. The third kappa shape index (κ3) is 5.86. The van der Waals surface area contributed by atoms with Crippen LogP contribution < -0.4 is 15.4 Å². The van der Waals surface area contributed by atoms with Crippen LogP contribution in [0.2, 0.25) is 0 Å². The van der Waals surface area contributed by atoms with Gasteiger partial charge in [-0.2, -0.15) is 0 Å². The van der Waals surface area contributed by atoms with E-state index in [0.717, 1.165) is 11.1 Å². The molecule has 0 aromatic heterocycles. The number of nitrogens with two attached hydrogens (primary N) is 1. The van der Waals surface area contributed by atoms with E-state index in [1.54, 1.807) is 36.4 Å². The predicted molar refractivity (Wildman–Crippen MR) is 127 cm³/mol. The summed E-state index contributed by atoms with van der Waals surface area (Å²) < 4.78 is 28.3. The molecule has 2 rings (SSSR count). The first-order valence-corrected chi connectivity index (χ1v) is 11.9. The van der Waals surface area contributed by atoms with E-state index in [-0.39, 0.29) is 21.6 Å². The van der Waals surface area contributed by atoms with E-state index in [2.05, 4.69) is 52.9 Å². The molecule has 0 fully saturated rings. The van der Waals surface area contributed by atoms with Crippen LogP contribution in [0, 0.1) is 0 Å². The van der Waals surface area contributed by atoms with Crippen LogP contribution in [-0.2, 0) is 20.9 Å². The van der Waals surface area contributed by atoms with E-state index in [9.17, 15) is 13.2 Å². The number of anilines is 1. The molecule has 0 aliphatic heterocycles. The first-order chi connectivity index (χ1) is 14.2. The summed E-state index contributed by atoms with van der Waals surface area (Å²) in [7, 11) is -2.33. The second kappa shape index (κ2) is 9.01. The third-order valence-electron chi connectivity index (χ3n) is 5.20. The van der Waals surface area contributed by atoms with Crippen molar-refractivity contribution in [3.05, 3.63) is 59.2 Å². The summed E-state index contributed by atoms with van der Waals surface area (Å²) in [5.41, 5.74) is 7.75. The molecule has 2 aromatic rings. The smallest absolute Gasteiger partial charge is 0.264 e. The molecular weight excluding hydrogens is 410 g/mol. The molecule has 1 amide bonds. The van der Waals surface area contributed by atoms with Crippen LogP contribution in [0.1, 0.15) is 63.0 Å². The lowest BCUT2D eigenvalue weighted by Gasteiger charge is -2.27. The van der Waals surface area contributed by atoms with Gasteiger partial charge in [0.05, 0.1) is 10.6 Å². The van der Waals surface area contributed by atoms with Crippen molar-refractivity contribution in [1.29, 1.82) is 0 Å². The van der Waals surface area contributed by atoms with Gasteiger partial charge >= 0.3 is 0 Å². The zero-order valence-corrected chi connectivity index (χ0v) is 20.4. The number of amides is 1. The monoisotopic (exact) mass is 445 g/mol. The Bertz CT molecular complexity index is 1020. The van der Waals surface area contributed by atoms with Crippen LogP contribution in [-0.4, -0.2) is 34.5 Å². The summed E-state index contributed by atoms with van der Waals surface area (Å²) in [5, 5.41) is 2.70. The molecule has 0 atom stereocenters. The van der Waals surface area contributed by atoms with E-state index in [4.69, 9.17) is 5.73 Å². The number of carbonyl (C=O) groups is 1. The summed E-state index contributed by atoms with van der Waals surface area (Å²) in [5.74, 6) is -0.289. The zero-order valence-electron chi connectivity index (χ0n) is 19.6. The van der Waals surface area contributed by atoms with Gasteiger partial charge in [-0.05, 0) is 52.3 Å². The van der Waals surface area contributed by atoms with Crippen molar-refractivity contribution in [3.63, 3.8) is 0 Å². The maximum atomic E-state index is 13.6. The lowest BCUT2D eigenvalue weighted by Crippen LogP contribution is -2.30. The molecule has 2 aromatic carbocycles. The van der Waals surface area contributed by atoms with Crippen molar-refractivity contribution in [2.75, 3.05) is 24.4 Å². The highest BCUT2D eigenvalue weighted by Crippen LogP contribution is 2.33. The fraction of sp³-hybridized carbons (Fsp3) is 0.458. The van der Waals surface area contributed by atoms with Gasteiger partial charge in [-0.15, -0.1) is 0 Å². The maximum Gasteiger partial charge on any atom is 0.264 e. The summed E-state index contributed by atoms with van der Waals surface area (Å²) in [4.78, 5) is 12.5. The number of hydrogen-bond donors (Lipinski definition) is 2. The van der Waals surface area contributed by atoms with Crippen LogP contribution in [0.15, 0.2) is 47.4 Å². The highest BCUT2D eigenvalue weighted by atomic mass is 32.2. The molecule has 0 aliphatic rings. The van der Waals surface area contributed by atoms with Gasteiger partial charge in [-0.25, -0.2) is 8.42 Å². The summed E-state index contributed by atoms with van der Waals surface area (Å²) in [6.45, 7) is 13.1. The highest BCUT2D eigenvalue weighted by Gasteiger charge is 2.27. The normalized spacial score (nSPS) is 12.5. The molecule has 31 heavy (non-hydrogen) atoms. The van der Waals surface area contributed by atoms with Crippen molar-refractivity contribution < 1.29 is 13.2 Å². The maximum absolute atomic E-state index is 13.6. The topological polar surface area (TPSA) is 92.5 Å². The number of rotatable bonds is 6. The number of hydrogen-bond acceptors (Lipinski definition) is 4. The van der Waals surface area contributed by atoms with Gasteiger partial charge in [-0.3, -0.25) is 9.10 Å². The Balaban J connectivity index is 2.53. The van der Waals surface area contributed by atoms with E-state index in [0.29, 0.717) is 24.3 Å². The molecule has 6 nitrogen and oxygen atoms in total. The molecular formula is C24H35N3O3S. The Morgan fingerprint density at radius 1 is 0.968 bits per heavy atom. The minimum atomic E-state index is -3.84. The van der Waals surface area contributed by atoms with Crippen molar-refractivity contribution in [2.24, 2.45) is 5.73 Å². The predicted octanol–water partition coefficient (Wildman–Crippen LogP) is 3.80. The first kappa shape index (κ1) is 24.9. The van der Waals surface area contributed by atoms with Crippen molar-refractivity contribution in [3.8, 4) is 0 Å². The Morgan fingerprint density at radius 2 is 1.52 bits per heavy atom. The van der Waals surface area contributed by atoms with E-state index < -0.39 is 10.0 Å². The molecule has 0 bridgehead atoms. The summed E-state index contributed by atoms with van der Waals surface area (Å²) >= 11 is 0. The van der Waals surface area contributed by atoms with E-state index in [1.807, 2.05) is 0 Å². The second-order valence-corrected chi connectivity index (χ2v) is 11.8. The standard InChI is InChI=1S/C24H35N3O3S/c1-23(2,3)18-14-19(24(4,5)6)16-21(15-18)31(29,30)27(7)20-10-8-9-17(13-20)22(28)26-12-11-25/h8-10,13-16H,11-12,25H2,1-7H3,(H,26,28). The van der Waals surface area contributed by atoms with Crippen LogP contribution in [0.5, 0.6) is 0 Å². The van der Waals surface area contributed by atoms with Gasteiger partial charge in [0.2, 0.25) is 0 Å². The fourth-order valence-corrected chi connectivity index (χ4v) is 4.30. The number of nitrogens with one attached hydrogen (secondary N) is 1. The Kier molecular flexibility index (Phi) is 7.23. The van der Waals surface area contributed by atoms with Crippen LogP contribution >= 0.6 is 0 Å². The van der Waals surface area contributed by atoms with Crippen molar-refractivity contribution >= 4 is 21.6 Å². The molecule has 0 spiro atoms. The van der Waals surface area contributed by atoms with Gasteiger partial charge in [0.15, 0.2) is 0 Å². The second-order valence-electron chi connectivity index (χ2n) is 9.81. The van der Waals surface area contributed by atoms with Crippen molar-refractivity contribution in [1.82, 2.24) is 5.32 Å². The number of carbonyl (C=O) groups excluding carboxylic acids is 1. The first-order valence-electron chi connectivity index (χ1n) is 10.4. The van der Waals surface area contributed by atoms with E-state index >= 15 is 0 Å². The third-order valence-corrected chi connectivity index (χ3v) is 6.96. The SMILES string of the molecule is CN(c1cccc(C(=O)NCCN)c1)S(=O)(=O)c1cc(C(C)(C)C)cc(C(C)(C)C)c1. The molecule has 0 unspecified atom stereocenters. The molecule has 170 valence electrons. The lowest BCUT2D eigenvalue weighted by molar-refractivity contribution is 0.0954. The van der Waals surface area contributed by atoms with E-state index in [1.165, 1.54) is 11.4 Å². The summed E-state index contributed by atoms with van der Waals surface area (Å²) in [6.07, 6.45) is 0. The fourth-order valence-electron chi connectivity index (χ4n) is 3.04. The minimum absolute atomic E-state index is 0.203. The molecule has 0 aliphatic carbocycles. The average molecular weight is 446 g/mol. The Hall–Kier alpha value is -2.38. The zero-order chi connectivity index (χ0) is 23.6. The number of nitrogens with zero attached hydrogens (tertiary/aromatic N) is 1. The van der Waals surface area contributed by atoms with Gasteiger partial charge < -0.3 is 11.1 Å². The lowest BCUT2D eigenvalue weighted by atomic mass is 9.81. The van der Waals surface area contributed by atoms with Crippen LogP contribution in [0.3, 0.4) is 0 Å². The average Bonchev–Trinajstić information content (AvgIpc) is 2.69. The highest BCUT2D eigenvalue weighted by molar-refractivity contribution is 7.92. The van der Waals surface area contributed by atoms with Gasteiger partial charge in [0.25, 0.3) is 15.9 Å². The van der Waals surface area contributed by atoms with Crippen molar-refractivity contribution in [2.45, 2.75) is 57.3 Å². The van der Waals surface area contributed by atoms with Gasteiger partial charge in [-0.1, -0.05) is 53.7 Å². The minimum Gasteiger partial charge on any atom is -0.351 e. The Morgan fingerprint density at radius 3 is 2.00 bits per heavy atom. The molecule has 3 N–H and O–H groups in total. The quantitative estimate of drug-likeness (QED) is 0.707.